The van der Waals surface area contributed by atoms with Gasteiger partial charge in [0.1, 0.15) is 5.75 Å². The molecule has 0 aliphatic rings. The number of esters is 1. The van der Waals surface area contributed by atoms with E-state index in [0.29, 0.717) is 52.4 Å². The Hall–Kier alpha value is -2.71. The summed E-state index contributed by atoms with van der Waals surface area (Å²) in [7, 11) is 2.85. The van der Waals surface area contributed by atoms with E-state index in [-0.39, 0.29) is 5.11 Å². The van der Waals surface area contributed by atoms with Crippen LogP contribution in [0.5, 0.6) is 17.2 Å². The predicted molar refractivity (Wildman–Crippen MR) is 118 cm³/mol. The number of rotatable bonds is 8. The Kier molecular flexibility index (Phi) is 8.35. The first kappa shape index (κ1) is 22.6. The molecule has 2 rings (SSSR count). The topological polar surface area (TPSA) is 78.1 Å². The Bertz CT molecular complexity index is 891. The van der Waals surface area contributed by atoms with Crippen molar-refractivity contribution >= 4 is 46.3 Å². The van der Waals surface area contributed by atoms with Gasteiger partial charge in [-0.05, 0) is 56.4 Å². The van der Waals surface area contributed by atoms with Crippen LogP contribution in [0.15, 0.2) is 30.3 Å². The highest BCUT2D eigenvalue weighted by atomic mass is 35.5. The van der Waals surface area contributed by atoms with Crippen molar-refractivity contribution in [2.45, 2.75) is 13.8 Å². The van der Waals surface area contributed by atoms with Crippen LogP contribution in [-0.4, -0.2) is 38.5 Å². The maximum Gasteiger partial charge on any atom is 0.338 e. The van der Waals surface area contributed by atoms with Crippen molar-refractivity contribution in [1.29, 1.82) is 0 Å². The highest BCUT2D eigenvalue weighted by Gasteiger charge is 2.18. The van der Waals surface area contributed by atoms with Gasteiger partial charge in [0.2, 0.25) is 0 Å². The zero-order valence-corrected chi connectivity index (χ0v) is 18.2. The van der Waals surface area contributed by atoms with Crippen LogP contribution >= 0.6 is 23.8 Å². The molecule has 0 bridgehead atoms. The summed E-state index contributed by atoms with van der Waals surface area (Å²) in [5, 5.41) is 6.80. The number of halogens is 1. The van der Waals surface area contributed by atoms with E-state index in [1.54, 1.807) is 37.4 Å². The van der Waals surface area contributed by atoms with Gasteiger partial charge in [-0.3, -0.25) is 0 Å². The van der Waals surface area contributed by atoms with Gasteiger partial charge >= 0.3 is 5.97 Å². The highest BCUT2D eigenvalue weighted by Crippen LogP contribution is 2.38. The molecule has 0 unspecified atom stereocenters. The number of anilines is 2. The number of benzene rings is 2. The standard InChI is InChI=1S/C20H23ClN2O5S/c1-5-27-17-10-12(19(24)26-4)9-15(18(17)28-6-2)23-20(29)22-13-7-8-16(25-3)14(21)11-13/h7-11H,5-6H2,1-4H3,(H2,22,23,29). The van der Waals surface area contributed by atoms with Crippen LogP contribution in [0, 0.1) is 0 Å². The minimum Gasteiger partial charge on any atom is -0.495 e. The number of thiocarbonyl (C=S) groups is 1. The van der Waals surface area contributed by atoms with E-state index in [1.165, 1.54) is 7.11 Å². The monoisotopic (exact) mass is 438 g/mol. The Morgan fingerprint density at radius 3 is 2.34 bits per heavy atom. The Morgan fingerprint density at radius 2 is 1.76 bits per heavy atom. The zero-order chi connectivity index (χ0) is 21.4. The molecule has 7 nitrogen and oxygen atoms in total. The second-order valence-electron chi connectivity index (χ2n) is 5.64. The van der Waals surface area contributed by atoms with E-state index in [2.05, 4.69) is 10.6 Å². The van der Waals surface area contributed by atoms with Gasteiger partial charge in [-0.15, -0.1) is 0 Å². The molecule has 0 radical (unpaired) electrons. The normalized spacial score (nSPS) is 10.1. The summed E-state index contributed by atoms with van der Waals surface area (Å²) in [6.45, 7) is 4.49. The van der Waals surface area contributed by atoms with E-state index in [0.717, 1.165) is 0 Å². The van der Waals surface area contributed by atoms with Crippen molar-refractivity contribution in [1.82, 2.24) is 0 Å². The van der Waals surface area contributed by atoms with Crippen LogP contribution in [0.1, 0.15) is 24.2 Å². The molecule has 0 aromatic heterocycles. The molecule has 0 aliphatic carbocycles. The fourth-order valence-electron chi connectivity index (χ4n) is 2.52. The second-order valence-corrected chi connectivity index (χ2v) is 6.45. The number of carbonyl (C=O) groups is 1. The molecular formula is C20H23ClN2O5S. The van der Waals surface area contributed by atoms with Gasteiger partial charge in [0.05, 0.1) is 43.7 Å². The largest absolute Gasteiger partial charge is 0.495 e. The molecule has 0 spiro atoms. The number of carbonyl (C=O) groups excluding carboxylic acids is 1. The van der Waals surface area contributed by atoms with Crippen LogP contribution in [0.25, 0.3) is 0 Å². The second kappa shape index (κ2) is 10.7. The average Bonchev–Trinajstić information content (AvgIpc) is 2.69. The Labute approximate surface area is 180 Å². The van der Waals surface area contributed by atoms with Gasteiger partial charge in [0.25, 0.3) is 0 Å². The maximum absolute atomic E-state index is 12.0. The number of ether oxygens (including phenoxy) is 4. The summed E-state index contributed by atoms with van der Waals surface area (Å²) in [5.41, 5.74) is 1.44. The number of nitrogens with one attached hydrogen (secondary N) is 2. The molecule has 29 heavy (non-hydrogen) atoms. The summed E-state index contributed by atoms with van der Waals surface area (Å²) in [6, 6.07) is 8.36. The molecule has 2 aromatic rings. The van der Waals surface area contributed by atoms with Crippen LogP contribution < -0.4 is 24.8 Å². The zero-order valence-electron chi connectivity index (χ0n) is 16.6. The lowest BCUT2D eigenvalue weighted by molar-refractivity contribution is 0.0600. The van der Waals surface area contributed by atoms with Gasteiger partial charge in [-0.2, -0.15) is 0 Å². The Balaban J connectivity index is 2.33. The van der Waals surface area contributed by atoms with Gasteiger partial charge in [0, 0.05) is 5.69 Å². The van der Waals surface area contributed by atoms with Gasteiger partial charge in [0.15, 0.2) is 16.6 Å². The molecule has 0 heterocycles. The van der Waals surface area contributed by atoms with Crippen LogP contribution in [0.4, 0.5) is 11.4 Å². The summed E-state index contributed by atoms with van der Waals surface area (Å²) < 4.78 is 21.3. The number of hydrogen-bond acceptors (Lipinski definition) is 6. The molecule has 0 fully saturated rings. The third-order valence-electron chi connectivity index (χ3n) is 3.72. The van der Waals surface area contributed by atoms with Crippen LogP contribution in [0.2, 0.25) is 5.02 Å². The minimum absolute atomic E-state index is 0.275. The quantitative estimate of drug-likeness (QED) is 0.452. The van der Waals surface area contributed by atoms with Gasteiger partial charge in [-0.1, -0.05) is 11.6 Å². The van der Waals surface area contributed by atoms with Crippen molar-refractivity contribution in [3.63, 3.8) is 0 Å². The van der Waals surface area contributed by atoms with E-state index >= 15 is 0 Å². The first-order chi connectivity index (χ1) is 13.9. The van der Waals surface area contributed by atoms with Crippen molar-refractivity contribution < 1.29 is 23.7 Å². The summed E-state index contributed by atoms with van der Waals surface area (Å²) in [5.74, 6) is 0.911. The van der Waals surface area contributed by atoms with Crippen molar-refractivity contribution in [3.8, 4) is 17.2 Å². The Morgan fingerprint density at radius 1 is 1.03 bits per heavy atom. The van der Waals surface area contributed by atoms with Crippen molar-refractivity contribution in [2.75, 3.05) is 38.1 Å². The first-order valence-corrected chi connectivity index (χ1v) is 9.65. The smallest absolute Gasteiger partial charge is 0.338 e. The number of hydrogen-bond donors (Lipinski definition) is 2. The lowest BCUT2D eigenvalue weighted by Gasteiger charge is -2.18. The lowest BCUT2D eigenvalue weighted by atomic mass is 10.1. The van der Waals surface area contributed by atoms with Crippen LogP contribution in [-0.2, 0) is 4.74 Å². The van der Waals surface area contributed by atoms with E-state index in [4.69, 9.17) is 42.8 Å². The summed E-state index contributed by atoms with van der Waals surface area (Å²) >= 11 is 11.6. The van der Waals surface area contributed by atoms with Gasteiger partial charge < -0.3 is 29.6 Å². The highest BCUT2D eigenvalue weighted by molar-refractivity contribution is 7.80. The fraction of sp³-hybridized carbons (Fsp3) is 0.300. The molecule has 2 N–H and O–H groups in total. The predicted octanol–water partition coefficient (Wildman–Crippen LogP) is 4.74. The third-order valence-corrected chi connectivity index (χ3v) is 4.22. The molecular weight excluding hydrogens is 416 g/mol. The third kappa shape index (κ3) is 5.88. The summed E-state index contributed by atoms with van der Waals surface area (Å²) in [4.78, 5) is 12.0. The van der Waals surface area contributed by atoms with E-state index < -0.39 is 5.97 Å². The average molecular weight is 439 g/mol. The van der Waals surface area contributed by atoms with E-state index in [9.17, 15) is 4.79 Å². The summed E-state index contributed by atoms with van der Waals surface area (Å²) in [6.07, 6.45) is 0. The molecule has 156 valence electrons. The first-order valence-electron chi connectivity index (χ1n) is 8.86. The molecule has 0 saturated heterocycles. The molecule has 2 aromatic carbocycles. The molecule has 0 aliphatic heterocycles. The van der Waals surface area contributed by atoms with Crippen molar-refractivity contribution in [3.05, 3.63) is 40.9 Å². The molecule has 0 atom stereocenters. The van der Waals surface area contributed by atoms with Crippen LogP contribution in [0.3, 0.4) is 0 Å². The number of methoxy groups -OCH3 is 2. The molecule has 9 heteroatoms. The fourth-order valence-corrected chi connectivity index (χ4v) is 3.00. The maximum atomic E-state index is 12.0. The van der Waals surface area contributed by atoms with Gasteiger partial charge in [-0.25, -0.2) is 4.79 Å². The van der Waals surface area contributed by atoms with Crippen molar-refractivity contribution in [2.24, 2.45) is 0 Å². The minimum atomic E-state index is -0.502. The van der Waals surface area contributed by atoms with E-state index in [1.807, 2.05) is 13.8 Å². The lowest BCUT2D eigenvalue weighted by Crippen LogP contribution is -2.20. The molecule has 0 amide bonds. The molecule has 0 saturated carbocycles. The SMILES string of the molecule is CCOc1cc(C(=O)OC)cc(NC(=S)Nc2ccc(OC)c(Cl)c2)c1OCC.